The van der Waals surface area contributed by atoms with Gasteiger partial charge in [-0.25, -0.2) is 0 Å². The summed E-state index contributed by atoms with van der Waals surface area (Å²) in [5, 5.41) is 8.45. The third kappa shape index (κ3) is 1.59. The summed E-state index contributed by atoms with van der Waals surface area (Å²) in [6.07, 6.45) is 1.55. The summed E-state index contributed by atoms with van der Waals surface area (Å²) >= 11 is 0. The Labute approximate surface area is 85.9 Å². The van der Waals surface area contributed by atoms with Crippen LogP contribution in [0.2, 0.25) is 0 Å². The lowest BCUT2D eigenvalue weighted by Crippen LogP contribution is -2.11. The number of ether oxygens (including phenoxy) is 1. The van der Waals surface area contributed by atoms with Crippen LogP contribution in [0, 0.1) is 0 Å². The van der Waals surface area contributed by atoms with Gasteiger partial charge in [0.15, 0.2) is 0 Å². The van der Waals surface area contributed by atoms with E-state index in [1.54, 1.807) is 24.4 Å². The number of methoxy groups -OCH3 is 1. The number of fused-ring (bicyclic) bond motifs is 1. The number of hydrogen-bond donors (Lipinski definition) is 1. The number of hydrogen-bond acceptors (Lipinski definition) is 4. The van der Waals surface area contributed by atoms with Gasteiger partial charge in [0.1, 0.15) is 11.3 Å². The van der Waals surface area contributed by atoms with Gasteiger partial charge >= 0.3 is 0 Å². The van der Waals surface area contributed by atoms with Gasteiger partial charge in [0, 0.05) is 10.9 Å². The van der Waals surface area contributed by atoms with Crippen LogP contribution in [0.5, 0.6) is 5.75 Å². The number of nitrogens with zero attached hydrogens (tertiary/aromatic N) is 2. The Kier molecular flexibility index (Phi) is 2.21. The molecule has 0 aliphatic carbocycles. The second-order valence-corrected chi connectivity index (χ2v) is 3.01. The number of aromatic nitrogens is 2. The number of rotatable bonds is 2. The van der Waals surface area contributed by atoms with Crippen LogP contribution in [-0.4, -0.2) is 23.2 Å². The van der Waals surface area contributed by atoms with Crippen molar-refractivity contribution in [3.8, 4) is 5.75 Å². The monoisotopic (exact) mass is 203 g/mol. The van der Waals surface area contributed by atoms with Crippen molar-refractivity contribution in [1.29, 1.82) is 0 Å². The Morgan fingerprint density at radius 1 is 1.47 bits per heavy atom. The average Bonchev–Trinajstić information content (AvgIpc) is 2.27. The molecular formula is C10H9N3O2. The molecule has 0 spiro atoms. The zero-order chi connectivity index (χ0) is 10.8. The molecule has 1 heterocycles. The molecule has 0 atom stereocenters. The van der Waals surface area contributed by atoms with E-state index in [2.05, 4.69) is 10.2 Å². The van der Waals surface area contributed by atoms with Crippen molar-refractivity contribution in [2.45, 2.75) is 0 Å². The third-order valence-electron chi connectivity index (χ3n) is 2.09. The zero-order valence-corrected chi connectivity index (χ0v) is 8.10. The van der Waals surface area contributed by atoms with E-state index in [-0.39, 0.29) is 0 Å². The summed E-state index contributed by atoms with van der Waals surface area (Å²) in [5.41, 5.74) is 6.21. The second kappa shape index (κ2) is 3.53. The lowest BCUT2D eigenvalue weighted by molar-refractivity contribution is 0.1000. The fourth-order valence-corrected chi connectivity index (χ4v) is 1.37. The molecule has 0 unspecified atom stereocenters. The van der Waals surface area contributed by atoms with Gasteiger partial charge in [-0.05, 0) is 18.2 Å². The van der Waals surface area contributed by atoms with E-state index in [4.69, 9.17) is 10.5 Å². The molecule has 0 bridgehead atoms. The molecule has 0 saturated carbocycles. The first-order chi connectivity index (χ1) is 7.22. The van der Waals surface area contributed by atoms with E-state index in [1.165, 1.54) is 7.11 Å². The van der Waals surface area contributed by atoms with Gasteiger partial charge in [0.05, 0.1) is 13.3 Å². The molecule has 0 aliphatic heterocycles. The molecule has 15 heavy (non-hydrogen) atoms. The molecule has 0 radical (unpaired) electrons. The number of benzene rings is 1. The minimum absolute atomic E-state index is 0.396. The molecule has 0 fully saturated rings. The van der Waals surface area contributed by atoms with Crippen molar-refractivity contribution in [3.05, 3.63) is 30.0 Å². The molecule has 1 aromatic heterocycles. The molecule has 0 saturated heterocycles. The largest absolute Gasteiger partial charge is 0.494 e. The Morgan fingerprint density at radius 3 is 2.93 bits per heavy atom. The summed E-state index contributed by atoms with van der Waals surface area (Å²) < 4.78 is 5.11. The van der Waals surface area contributed by atoms with E-state index in [0.717, 1.165) is 5.39 Å². The van der Waals surface area contributed by atoms with Crippen LogP contribution in [0.15, 0.2) is 24.4 Å². The standard InChI is InChI=1S/C10H9N3O2/c1-15-8-5-7(10(11)14)4-6-2-3-12-13-9(6)8/h2-5H,1H3,(H2,11,14). The van der Waals surface area contributed by atoms with Crippen LogP contribution in [0.3, 0.4) is 0 Å². The average molecular weight is 203 g/mol. The predicted octanol–water partition coefficient (Wildman–Crippen LogP) is 0.737. The maximum absolute atomic E-state index is 11.0. The van der Waals surface area contributed by atoms with Crippen LogP contribution < -0.4 is 10.5 Å². The van der Waals surface area contributed by atoms with Crippen molar-refractivity contribution in [2.75, 3.05) is 7.11 Å². The highest BCUT2D eigenvalue weighted by Crippen LogP contribution is 2.24. The highest BCUT2D eigenvalue weighted by molar-refractivity contribution is 5.98. The van der Waals surface area contributed by atoms with Crippen molar-refractivity contribution in [1.82, 2.24) is 10.2 Å². The highest BCUT2D eigenvalue weighted by Gasteiger charge is 2.08. The van der Waals surface area contributed by atoms with Gasteiger partial charge in [-0.3, -0.25) is 4.79 Å². The SMILES string of the molecule is COc1cc(C(N)=O)cc2ccnnc12. The highest BCUT2D eigenvalue weighted by atomic mass is 16.5. The fraction of sp³-hybridized carbons (Fsp3) is 0.100. The van der Waals surface area contributed by atoms with Crippen LogP contribution in [0.25, 0.3) is 10.9 Å². The first-order valence-electron chi connectivity index (χ1n) is 4.31. The predicted molar refractivity (Wildman–Crippen MR) is 54.6 cm³/mol. The first kappa shape index (κ1) is 9.39. The lowest BCUT2D eigenvalue weighted by atomic mass is 10.1. The topological polar surface area (TPSA) is 78.1 Å². The zero-order valence-electron chi connectivity index (χ0n) is 8.10. The molecule has 2 N–H and O–H groups in total. The van der Waals surface area contributed by atoms with Gasteiger partial charge in [-0.2, -0.15) is 5.10 Å². The summed E-state index contributed by atoms with van der Waals surface area (Å²) in [4.78, 5) is 11.0. The molecular weight excluding hydrogens is 194 g/mol. The van der Waals surface area contributed by atoms with Gasteiger partial charge in [-0.1, -0.05) is 0 Å². The smallest absolute Gasteiger partial charge is 0.248 e. The van der Waals surface area contributed by atoms with Gasteiger partial charge in [0.2, 0.25) is 5.91 Å². The van der Waals surface area contributed by atoms with E-state index >= 15 is 0 Å². The van der Waals surface area contributed by atoms with E-state index in [9.17, 15) is 4.79 Å². The number of primary amides is 1. The number of carbonyl (C=O) groups excluding carboxylic acids is 1. The number of carbonyl (C=O) groups is 1. The maximum atomic E-state index is 11.0. The third-order valence-corrected chi connectivity index (χ3v) is 2.09. The van der Waals surface area contributed by atoms with Crippen molar-refractivity contribution in [3.63, 3.8) is 0 Å². The van der Waals surface area contributed by atoms with Crippen molar-refractivity contribution >= 4 is 16.8 Å². The fourth-order valence-electron chi connectivity index (χ4n) is 1.37. The van der Waals surface area contributed by atoms with Crippen LogP contribution in [-0.2, 0) is 0 Å². The number of amides is 1. The lowest BCUT2D eigenvalue weighted by Gasteiger charge is -2.05. The summed E-state index contributed by atoms with van der Waals surface area (Å²) in [7, 11) is 1.51. The molecule has 0 aliphatic rings. The Hall–Kier alpha value is -2.17. The first-order valence-corrected chi connectivity index (χ1v) is 4.31. The van der Waals surface area contributed by atoms with E-state index in [0.29, 0.717) is 16.8 Å². The summed E-state index contributed by atoms with van der Waals surface area (Å²) in [5.74, 6) is 0.00131. The Balaban J connectivity index is 2.77. The maximum Gasteiger partial charge on any atom is 0.248 e. The normalized spacial score (nSPS) is 10.2. The molecule has 2 aromatic rings. The Bertz CT molecular complexity index is 525. The summed E-state index contributed by atoms with van der Waals surface area (Å²) in [6, 6.07) is 4.96. The van der Waals surface area contributed by atoms with E-state index in [1.807, 2.05) is 0 Å². The molecule has 1 amide bonds. The molecule has 2 rings (SSSR count). The van der Waals surface area contributed by atoms with Crippen LogP contribution in [0.1, 0.15) is 10.4 Å². The molecule has 5 nitrogen and oxygen atoms in total. The van der Waals surface area contributed by atoms with Crippen LogP contribution >= 0.6 is 0 Å². The number of nitrogens with two attached hydrogens (primary N) is 1. The quantitative estimate of drug-likeness (QED) is 0.780. The van der Waals surface area contributed by atoms with Crippen LogP contribution in [0.4, 0.5) is 0 Å². The molecule has 1 aromatic carbocycles. The minimum Gasteiger partial charge on any atom is -0.494 e. The minimum atomic E-state index is -0.494. The van der Waals surface area contributed by atoms with E-state index < -0.39 is 5.91 Å². The molecule has 5 heteroatoms. The van der Waals surface area contributed by atoms with Gasteiger partial charge < -0.3 is 10.5 Å². The van der Waals surface area contributed by atoms with Gasteiger partial charge in [0.25, 0.3) is 0 Å². The Morgan fingerprint density at radius 2 is 2.27 bits per heavy atom. The second-order valence-electron chi connectivity index (χ2n) is 3.01. The van der Waals surface area contributed by atoms with Crippen molar-refractivity contribution < 1.29 is 9.53 Å². The molecule has 76 valence electrons. The van der Waals surface area contributed by atoms with Crippen molar-refractivity contribution in [2.24, 2.45) is 5.73 Å². The summed E-state index contributed by atoms with van der Waals surface area (Å²) in [6.45, 7) is 0. The van der Waals surface area contributed by atoms with Gasteiger partial charge in [-0.15, -0.1) is 5.10 Å².